The second kappa shape index (κ2) is 7.83. The highest BCUT2D eigenvalue weighted by Gasteiger charge is 2.30. The number of hydrogen-bond donors (Lipinski definition) is 0. The van der Waals surface area contributed by atoms with E-state index in [2.05, 4.69) is 0 Å². The largest absolute Gasteiger partial charge is 0.486 e. The highest BCUT2D eigenvalue weighted by molar-refractivity contribution is 8.26. The Bertz CT molecular complexity index is 863. The molecular formula is C17H13Cl2NO3S2. The molecule has 0 aliphatic carbocycles. The number of hydrogen-bond acceptors (Lipinski definition) is 5. The number of nitrogens with zero attached hydrogens (tertiary/aromatic N) is 1. The Kier molecular flexibility index (Phi) is 5.74. The Balaban J connectivity index is 1.66. The zero-order chi connectivity index (χ0) is 18.0. The lowest BCUT2D eigenvalue weighted by Crippen LogP contribution is -2.27. The van der Waals surface area contributed by atoms with Crippen molar-refractivity contribution in [3.05, 3.63) is 56.8 Å². The summed E-state index contributed by atoms with van der Waals surface area (Å²) in [7, 11) is 0. The molecule has 0 radical (unpaired) electrons. The van der Waals surface area contributed by atoms with E-state index >= 15 is 0 Å². The first-order chi connectivity index (χ1) is 12.0. The number of carbonyl (C=O) groups excluding carboxylic acids is 1. The van der Waals surface area contributed by atoms with Crippen molar-refractivity contribution in [1.82, 2.24) is 4.90 Å². The number of amides is 1. The predicted molar refractivity (Wildman–Crippen MR) is 105 cm³/mol. The Hall–Kier alpha value is -1.47. The number of rotatable bonds is 5. The summed E-state index contributed by atoms with van der Waals surface area (Å²) in [6, 6.07) is 8.62. The summed E-state index contributed by atoms with van der Waals surface area (Å²) >= 11 is 18.3. The molecule has 8 heteroatoms. The Morgan fingerprint density at radius 1 is 1.28 bits per heavy atom. The van der Waals surface area contributed by atoms with Crippen molar-refractivity contribution in [2.45, 2.75) is 13.5 Å². The van der Waals surface area contributed by atoms with Crippen LogP contribution < -0.4 is 4.74 Å². The van der Waals surface area contributed by atoms with Gasteiger partial charge in [-0.25, -0.2) is 0 Å². The molecule has 25 heavy (non-hydrogen) atoms. The SMILES string of the molecule is CCN1C(=O)C(=Cc2ccc(COc3ccc(Cl)c(Cl)c3)o2)SC1=S. The maximum Gasteiger partial charge on any atom is 0.266 e. The van der Waals surface area contributed by atoms with Gasteiger partial charge in [-0.3, -0.25) is 9.69 Å². The van der Waals surface area contributed by atoms with Gasteiger partial charge >= 0.3 is 0 Å². The Morgan fingerprint density at radius 2 is 2.08 bits per heavy atom. The lowest BCUT2D eigenvalue weighted by Gasteiger charge is -2.09. The number of thiocarbonyl (C=S) groups is 1. The third kappa shape index (κ3) is 4.20. The van der Waals surface area contributed by atoms with E-state index in [-0.39, 0.29) is 12.5 Å². The van der Waals surface area contributed by atoms with E-state index < -0.39 is 0 Å². The normalized spacial score (nSPS) is 16.1. The molecule has 1 saturated heterocycles. The van der Waals surface area contributed by atoms with E-state index in [4.69, 9.17) is 44.6 Å². The van der Waals surface area contributed by atoms with Gasteiger partial charge in [-0.05, 0) is 31.2 Å². The van der Waals surface area contributed by atoms with Crippen LogP contribution in [-0.4, -0.2) is 21.7 Å². The molecule has 1 amide bonds. The number of halogens is 2. The third-order valence-corrected chi connectivity index (χ3v) is 5.53. The summed E-state index contributed by atoms with van der Waals surface area (Å²) in [5.41, 5.74) is 0. The summed E-state index contributed by atoms with van der Waals surface area (Å²) in [6.07, 6.45) is 1.69. The van der Waals surface area contributed by atoms with Crippen molar-refractivity contribution in [1.29, 1.82) is 0 Å². The van der Waals surface area contributed by atoms with Crippen LogP contribution >= 0.6 is 47.2 Å². The van der Waals surface area contributed by atoms with E-state index in [1.165, 1.54) is 11.8 Å². The van der Waals surface area contributed by atoms with E-state index in [0.29, 0.717) is 43.1 Å². The Morgan fingerprint density at radius 3 is 2.76 bits per heavy atom. The molecule has 0 N–H and O–H groups in total. The van der Waals surface area contributed by atoms with Gasteiger partial charge in [0.15, 0.2) is 0 Å². The monoisotopic (exact) mass is 413 g/mol. The van der Waals surface area contributed by atoms with Gasteiger partial charge in [0.25, 0.3) is 5.91 Å². The van der Waals surface area contributed by atoms with Crippen LogP contribution in [0.2, 0.25) is 10.0 Å². The molecule has 1 aliphatic heterocycles. The molecule has 3 rings (SSSR count). The quantitative estimate of drug-likeness (QED) is 0.485. The molecule has 0 bridgehead atoms. The van der Waals surface area contributed by atoms with Gasteiger partial charge in [0.1, 0.15) is 28.2 Å². The summed E-state index contributed by atoms with van der Waals surface area (Å²) in [5, 5.41) is 0.899. The van der Waals surface area contributed by atoms with E-state index in [1.807, 2.05) is 6.92 Å². The number of thioether (sulfide) groups is 1. The highest BCUT2D eigenvalue weighted by Crippen LogP contribution is 2.32. The summed E-state index contributed by atoms with van der Waals surface area (Å²) in [4.78, 5) is 14.3. The highest BCUT2D eigenvalue weighted by atomic mass is 35.5. The van der Waals surface area contributed by atoms with Crippen LogP contribution in [0.25, 0.3) is 6.08 Å². The number of benzene rings is 1. The van der Waals surface area contributed by atoms with Crippen molar-refractivity contribution in [2.75, 3.05) is 6.54 Å². The van der Waals surface area contributed by atoms with Crippen LogP contribution in [0.1, 0.15) is 18.4 Å². The molecule has 4 nitrogen and oxygen atoms in total. The molecule has 1 aromatic heterocycles. The zero-order valence-electron chi connectivity index (χ0n) is 13.1. The minimum absolute atomic E-state index is 0.0949. The maximum atomic E-state index is 12.2. The smallest absolute Gasteiger partial charge is 0.266 e. The molecule has 0 unspecified atom stereocenters. The number of ether oxygens (including phenoxy) is 1. The second-order valence-electron chi connectivity index (χ2n) is 5.09. The third-order valence-electron chi connectivity index (χ3n) is 3.42. The van der Waals surface area contributed by atoms with Gasteiger partial charge in [-0.2, -0.15) is 0 Å². The fourth-order valence-corrected chi connectivity index (χ4v) is 3.82. The van der Waals surface area contributed by atoms with E-state index in [1.54, 1.807) is 41.3 Å². The molecule has 0 spiro atoms. The van der Waals surface area contributed by atoms with Crippen LogP contribution in [0.5, 0.6) is 5.75 Å². The average molecular weight is 414 g/mol. The minimum atomic E-state index is -0.0949. The molecule has 1 aromatic carbocycles. The molecular weight excluding hydrogens is 401 g/mol. The van der Waals surface area contributed by atoms with E-state index in [0.717, 1.165) is 0 Å². The second-order valence-corrected chi connectivity index (χ2v) is 7.58. The van der Waals surface area contributed by atoms with Crippen LogP contribution in [-0.2, 0) is 11.4 Å². The summed E-state index contributed by atoms with van der Waals surface area (Å²) in [6.45, 7) is 2.68. The molecule has 0 atom stereocenters. The lowest BCUT2D eigenvalue weighted by atomic mass is 10.3. The fourth-order valence-electron chi connectivity index (χ4n) is 2.17. The molecule has 2 heterocycles. The fraction of sp³-hybridized carbons (Fsp3) is 0.176. The van der Waals surface area contributed by atoms with Crippen LogP contribution in [0.3, 0.4) is 0 Å². The van der Waals surface area contributed by atoms with Gasteiger partial charge in [0.2, 0.25) is 0 Å². The maximum absolute atomic E-state index is 12.2. The van der Waals surface area contributed by atoms with Crippen molar-refractivity contribution >= 4 is 63.5 Å². The summed E-state index contributed by atoms with van der Waals surface area (Å²) in [5.74, 6) is 1.70. The van der Waals surface area contributed by atoms with Crippen molar-refractivity contribution < 1.29 is 13.9 Å². The molecule has 1 fully saturated rings. The number of furan rings is 1. The van der Waals surface area contributed by atoms with Crippen LogP contribution in [0.15, 0.2) is 39.7 Å². The van der Waals surface area contributed by atoms with Gasteiger partial charge in [-0.15, -0.1) is 0 Å². The molecule has 2 aromatic rings. The van der Waals surface area contributed by atoms with Gasteiger partial charge in [-0.1, -0.05) is 47.2 Å². The van der Waals surface area contributed by atoms with Gasteiger partial charge in [0.05, 0.1) is 15.0 Å². The molecule has 0 saturated carbocycles. The number of likely N-dealkylation sites (N-methyl/N-ethyl adjacent to an activating group) is 1. The number of carbonyl (C=O) groups is 1. The van der Waals surface area contributed by atoms with E-state index in [9.17, 15) is 4.79 Å². The first-order valence-corrected chi connectivity index (χ1v) is 9.38. The first kappa shape index (κ1) is 18.3. The lowest BCUT2D eigenvalue weighted by molar-refractivity contribution is -0.121. The standard InChI is InChI=1S/C17H13Cl2NO3S2/c1-2-20-16(21)15(25-17(20)24)8-11-3-4-12(23-11)9-22-10-5-6-13(18)14(19)7-10/h3-8H,2,9H2,1H3. The van der Waals surface area contributed by atoms with Crippen LogP contribution in [0.4, 0.5) is 0 Å². The summed E-state index contributed by atoms with van der Waals surface area (Å²) < 4.78 is 11.9. The predicted octanol–water partition coefficient (Wildman–Crippen LogP) is 5.39. The first-order valence-electron chi connectivity index (χ1n) is 7.40. The van der Waals surface area contributed by atoms with Crippen molar-refractivity contribution in [3.8, 4) is 5.75 Å². The van der Waals surface area contributed by atoms with Crippen LogP contribution in [0, 0.1) is 0 Å². The average Bonchev–Trinajstić information content (AvgIpc) is 3.13. The molecule has 1 aliphatic rings. The van der Waals surface area contributed by atoms with Crippen molar-refractivity contribution in [3.63, 3.8) is 0 Å². The topological polar surface area (TPSA) is 42.7 Å². The van der Waals surface area contributed by atoms with Gasteiger partial charge < -0.3 is 9.15 Å². The van der Waals surface area contributed by atoms with Crippen molar-refractivity contribution in [2.24, 2.45) is 0 Å². The zero-order valence-corrected chi connectivity index (χ0v) is 16.3. The minimum Gasteiger partial charge on any atom is -0.486 e. The molecule has 130 valence electrons. The van der Waals surface area contributed by atoms with Gasteiger partial charge in [0, 0.05) is 18.7 Å². The Labute approximate surface area is 164 Å².